The lowest BCUT2D eigenvalue weighted by Crippen LogP contribution is -2.49. The van der Waals surface area contributed by atoms with Gasteiger partial charge in [0, 0.05) is 12.5 Å². The molecule has 5 nitrogen and oxygen atoms in total. The average Bonchev–Trinajstić information content (AvgIpc) is 2.59. The molecule has 1 aliphatic rings. The number of ether oxygens (including phenoxy) is 3. The second kappa shape index (κ2) is 5.93. The number of hydrogen-bond donors (Lipinski definition) is 1. The van der Waals surface area contributed by atoms with E-state index in [9.17, 15) is 9.90 Å². The maximum atomic E-state index is 12.7. The second-order valence-corrected chi connectivity index (χ2v) is 5.54. The van der Waals surface area contributed by atoms with Gasteiger partial charge in [0.15, 0.2) is 5.60 Å². The van der Waals surface area contributed by atoms with Gasteiger partial charge in [-0.15, -0.1) is 0 Å². The number of rotatable bonds is 4. The molecule has 0 bridgehead atoms. The average molecular weight is 314 g/mol. The summed E-state index contributed by atoms with van der Waals surface area (Å²) in [6.45, 7) is -0.0853. The molecule has 0 fully saturated rings. The molecule has 3 rings (SSSR count). The van der Waals surface area contributed by atoms with Crippen molar-refractivity contribution in [3.63, 3.8) is 0 Å². The number of Topliss-reactive ketones (excluding diaryl/α,β-unsaturated/α-hetero) is 1. The minimum absolute atomic E-state index is 0.0853. The standard InChI is InChI=1S/C18H18O5/c1-21-13-5-3-12(4-6-13)10-18(20)11-23-16-9-14(22-2)7-8-15(16)17(18)19/h3-9,20H,10-11H2,1-2H3. The maximum absolute atomic E-state index is 12.7. The first-order valence-electron chi connectivity index (χ1n) is 7.27. The third-order valence-electron chi connectivity index (χ3n) is 3.98. The molecule has 0 radical (unpaired) electrons. The van der Waals surface area contributed by atoms with Crippen molar-refractivity contribution in [2.45, 2.75) is 12.0 Å². The van der Waals surface area contributed by atoms with Crippen molar-refractivity contribution in [2.75, 3.05) is 20.8 Å². The fourth-order valence-electron chi connectivity index (χ4n) is 2.66. The molecule has 0 aliphatic carbocycles. The van der Waals surface area contributed by atoms with Crippen LogP contribution in [-0.4, -0.2) is 37.3 Å². The monoisotopic (exact) mass is 314 g/mol. The van der Waals surface area contributed by atoms with Crippen LogP contribution in [0.3, 0.4) is 0 Å². The van der Waals surface area contributed by atoms with Gasteiger partial charge in [-0.1, -0.05) is 12.1 Å². The van der Waals surface area contributed by atoms with E-state index in [1.807, 2.05) is 12.1 Å². The predicted octanol–water partition coefficient (Wildman–Crippen LogP) is 2.25. The number of aliphatic hydroxyl groups is 1. The minimum Gasteiger partial charge on any atom is -0.497 e. The molecular formula is C18H18O5. The molecule has 2 aromatic carbocycles. The van der Waals surface area contributed by atoms with Gasteiger partial charge in [-0.25, -0.2) is 0 Å². The maximum Gasteiger partial charge on any atom is 0.201 e. The van der Waals surface area contributed by atoms with Crippen molar-refractivity contribution in [3.8, 4) is 17.2 Å². The van der Waals surface area contributed by atoms with Crippen LogP contribution in [0.2, 0.25) is 0 Å². The zero-order valence-corrected chi connectivity index (χ0v) is 13.0. The summed E-state index contributed by atoms with van der Waals surface area (Å²) < 4.78 is 15.8. The van der Waals surface area contributed by atoms with Crippen LogP contribution >= 0.6 is 0 Å². The number of hydrogen-bond acceptors (Lipinski definition) is 5. The number of fused-ring (bicyclic) bond motifs is 1. The fourth-order valence-corrected chi connectivity index (χ4v) is 2.66. The molecule has 23 heavy (non-hydrogen) atoms. The van der Waals surface area contributed by atoms with Gasteiger partial charge in [-0.2, -0.15) is 0 Å². The molecular weight excluding hydrogens is 296 g/mol. The van der Waals surface area contributed by atoms with Gasteiger partial charge in [0.05, 0.1) is 19.8 Å². The first-order chi connectivity index (χ1) is 11.1. The molecule has 1 aliphatic heterocycles. The molecule has 120 valence electrons. The first-order valence-corrected chi connectivity index (χ1v) is 7.27. The Morgan fingerprint density at radius 3 is 2.39 bits per heavy atom. The van der Waals surface area contributed by atoms with Gasteiger partial charge in [0.25, 0.3) is 0 Å². The first kappa shape index (κ1) is 15.4. The highest BCUT2D eigenvalue weighted by Gasteiger charge is 2.42. The van der Waals surface area contributed by atoms with E-state index in [1.165, 1.54) is 0 Å². The summed E-state index contributed by atoms with van der Waals surface area (Å²) in [6.07, 6.45) is 0.182. The van der Waals surface area contributed by atoms with Crippen LogP contribution < -0.4 is 14.2 Å². The second-order valence-electron chi connectivity index (χ2n) is 5.54. The molecule has 2 aromatic rings. The highest BCUT2D eigenvalue weighted by atomic mass is 16.5. The van der Waals surface area contributed by atoms with Crippen molar-refractivity contribution >= 4 is 5.78 Å². The Morgan fingerprint density at radius 2 is 1.74 bits per heavy atom. The summed E-state index contributed by atoms with van der Waals surface area (Å²) >= 11 is 0. The fraction of sp³-hybridized carbons (Fsp3) is 0.278. The summed E-state index contributed by atoms with van der Waals surface area (Å²) in [4.78, 5) is 12.7. The molecule has 1 heterocycles. The molecule has 0 aromatic heterocycles. The smallest absolute Gasteiger partial charge is 0.201 e. The molecule has 0 saturated carbocycles. The van der Waals surface area contributed by atoms with Gasteiger partial charge in [-0.05, 0) is 29.8 Å². The Bertz CT molecular complexity index is 723. The number of carbonyl (C=O) groups excluding carboxylic acids is 1. The normalized spacial score (nSPS) is 19.7. The van der Waals surface area contributed by atoms with Crippen LogP contribution in [0.4, 0.5) is 0 Å². The zero-order chi connectivity index (χ0) is 16.4. The Balaban J connectivity index is 1.85. The van der Waals surface area contributed by atoms with Crippen molar-refractivity contribution < 1.29 is 24.1 Å². The Morgan fingerprint density at radius 1 is 1.09 bits per heavy atom. The Labute approximate surface area is 134 Å². The summed E-state index contributed by atoms with van der Waals surface area (Å²) in [7, 11) is 3.14. The van der Waals surface area contributed by atoms with Gasteiger partial charge >= 0.3 is 0 Å². The van der Waals surface area contributed by atoms with Gasteiger partial charge in [0.1, 0.15) is 23.9 Å². The van der Waals surface area contributed by atoms with E-state index >= 15 is 0 Å². The topological polar surface area (TPSA) is 65.0 Å². The summed E-state index contributed by atoms with van der Waals surface area (Å²) in [5.41, 5.74) is -0.369. The van der Waals surface area contributed by atoms with Gasteiger partial charge in [0.2, 0.25) is 5.78 Å². The lowest BCUT2D eigenvalue weighted by Gasteiger charge is -2.32. The van der Waals surface area contributed by atoms with Crippen molar-refractivity contribution in [3.05, 3.63) is 53.6 Å². The van der Waals surface area contributed by atoms with Crippen molar-refractivity contribution in [2.24, 2.45) is 0 Å². The number of benzene rings is 2. The van der Waals surface area contributed by atoms with Crippen LogP contribution in [0.1, 0.15) is 15.9 Å². The molecule has 1 atom stereocenters. The van der Waals surface area contributed by atoms with E-state index in [2.05, 4.69) is 0 Å². The van der Waals surface area contributed by atoms with E-state index in [-0.39, 0.29) is 18.8 Å². The highest BCUT2D eigenvalue weighted by molar-refractivity contribution is 6.05. The quantitative estimate of drug-likeness (QED) is 0.937. The zero-order valence-electron chi connectivity index (χ0n) is 13.0. The summed E-state index contributed by atoms with van der Waals surface area (Å²) in [5, 5.41) is 10.8. The number of carbonyl (C=O) groups is 1. The lowest BCUT2D eigenvalue weighted by atomic mass is 9.85. The SMILES string of the molecule is COc1ccc(CC2(O)COc3cc(OC)ccc3C2=O)cc1. The number of methoxy groups -OCH3 is 2. The van der Waals surface area contributed by atoms with E-state index in [0.717, 1.165) is 11.3 Å². The summed E-state index contributed by atoms with van der Waals surface area (Å²) in [5.74, 6) is 1.44. The van der Waals surface area contributed by atoms with Crippen LogP contribution in [0.25, 0.3) is 0 Å². The van der Waals surface area contributed by atoms with E-state index < -0.39 is 5.60 Å². The molecule has 0 amide bonds. The Hall–Kier alpha value is -2.53. The van der Waals surface area contributed by atoms with Gasteiger partial charge < -0.3 is 19.3 Å². The van der Waals surface area contributed by atoms with Crippen LogP contribution in [0.15, 0.2) is 42.5 Å². The lowest BCUT2D eigenvalue weighted by molar-refractivity contribution is -0.00199. The van der Waals surface area contributed by atoms with E-state index in [0.29, 0.717) is 17.1 Å². The molecule has 5 heteroatoms. The molecule has 1 unspecified atom stereocenters. The van der Waals surface area contributed by atoms with Crippen molar-refractivity contribution in [1.82, 2.24) is 0 Å². The van der Waals surface area contributed by atoms with E-state index in [4.69, 9.17) is 14.2 Å². The third kappa shape index (κ3) is 2.87. The Kier molecular flexibility index (Phi) is 3.96. The summed E-state index contributed by atoms with van der Waals surface area (Å²) in [6, 6.07) is 12.2. The highest BCUT2D eigenvalue weighted by Crippen LogP contribution is 2.34. The largest absolute Gasteiger partial charge is 0.497 e. The predicted molar refractivity (Wildman–Crippen MR) is 84.5 cm³/mol. The van der Waals surface area contributed by atoms with Gasteiger partial charge in [-0.3, -0.25) is 4.79 Å². The number of ketones is 1. The van der Waals surface area contributed by atoms with Crippen molar-refractivity contribution in [1.29, 1.82) is 0 Å². The van der Waals surface area contributed by atoms with Crippen LogP contribution in [0, 0.1) is 0 Å². The third-order valence-corrected chi connectivity index (χ3v) is 3.98. The minimum atomic E-state index is -1.57. The molecule has 1 N–H and O–H groups in total. The van der Waals surface area contributed by atoms with Crippen LogP contribution in [0.5, 0.6) is 17.2 Å². The molecule has 0 saturated heterocycles. The van der Waals surface area contributed by atoms with E-state index in [1.54, 1.807) is 44.6 Å². The molecule has 0 spiro atoms. The van der Waals surface area contributed by atoms with Crippen LogP contribution in [-0.2, 0) is 6.42 Å².